The van der Waals surface area contributed by atoms with Gasteiger partial charge in [0.1, 0.15) is 0 Å². The quantitative estimate of drug-likeness (QED) is 0.574. The van der Waals surface area contributed by atoms with Crippen molar-refractivity contribution in [3.05, 3.63) is 11.6 Å². The van der Waals surface area contributed by atoms with Crippen LogP contribution in [0.4, 0.5) is 0 Å². The predicted molar refractivity (Wildman–Crippen MR) is 81.4 cm³/mol. The van der Waals surface area contributed by atoms with E-state index in [4.69, 9.17) is 4.74 Å². The maximum absolute atomic E-state index is 6.37. The molecule has 0 radical (unpaired) electrons. The van der Waals surface area contributed by atoms with Gasteiger partial charge in [-0.3, -0.25) is 0 Å². The van der Waals surface area contributed by atoms with Crippen molar-refractivity contribution >= 4 is 0 Å². The monoisotopic (exact) mass is 265 g/mol. The Morgan fingerprint density at radius 1 is 1.32 bits per heavy atom. The van der Waals surface area contributed by atoms with E-state index >= 15 is 0 Å². The first-order valence-corrected chi connectivity index (χ1v) is 8.16. The van der Waals surface area contributed by atoms with E-state index in [-0.39, 0.29) is 0 Å². The second-order valence-electron chi connectivity index (χ2n) is 6.82. The Kier molecular flexibility index (Phi) is 5.47. The molecule has 2 rings (SSSR count). The topological polar surface area (TPSA) is 21.3 Å². The van der Waals surface area contributed by atoms with Crippen LogP contribution in [0.1, 0.15) is 72.1 Å². The first-order chi connectivity index (χ1) is 9.10. The van der Waals surface area contributed by atoms with E-state index in [0.717, 1.165) is 19.4 Å². The number of hydrogen-bond donors (Lipinski definition) is 1. The molecule has 1 aliphatic heterocycles. The molecule has 2 heteroatoms. The van der Waals surface area contributed by atoms with Crippen molar-refractivity contribution in [1.29, 1.82) is 0 Å². The summed E-state index contributed by atoms with van der Waals surface area (Å²) >= 11 is 0. The molecule has 1 N–H and O–H groups in total. The SMILES string of the molecule is C/C(=C/CCNC(C)C)CC1CCC2(CCCC2)O1. The average Bonchev–Trinajstić information content (AvgIpc) is 2.96. The van der Waals surface area contributed by atoms with E-state index in [2.05, 4.69) is 32.2 Å². The first-order valence-electron chi connectivity index (χ1n) is 8.16. The highest BCUT2D eigenvalue weighted by Gasteiger charge is 2.41. The third-order valence-electron chi connectivity index (χ3n) is 4.59. The van der Waals surface area contributed by atoms with Crippen molar-refractivity contribution in [2.75, 3.05) is 6.54 Å². The third-order valence-corrected chi connectivity index (χ3v) is 4.59. The third kappa shape index (κ3) is 4.61. The largest absolute Gasteiger partial charge is 0.371 e. The van der Waals surface area contributed by atoms with Gasteiger partial charge in [-0.15, -0.1) is 0 Å². The minimum atomic E-state index is 0.296. The van der Waals surface area contributed by atoms with Gasteiger partial charge in [0.05, 0.1) is 11.7 Å². The molecule has 1 saturated heterocycles. The molecule has 1 unspecified atom stereocenters. The van der Waals surface area contributed by atoms with Crippen molar-refractivity contribution in [3.8, 4) is 0 Å². The zero-order valence-corrected chi connectivity index (χ0v) is 13.0. The maximum atomic E-state index is 6.37. The highest BCUT2D eigenvalue weighted by Crippen LogP contribution is 2.44. The van der Waals surface area contributed by atoms with E-state index in [1.165, 1.54) is 44.1 Å². The summed E-state index contributed by atoms with van der Waals surface area (Å²) in [6, 6.07) is 0.592. The van der Waals surface area contributed by atoms with Gasteiger partial charge in [0.25, 0.3) is 0 Å². The molecule has 2 nitrogen and oxygen atoms in total. The molecule has 2 fully saturated rings. The molecule has 1 aliphatic carbocycles. The Morgan fingerprint density at radius 3 is 2.74 bits per heavy atom. The molecule has 1 heterocycles. The Bertz CT molecular complexity index is 302. The van der Waals surface area contributed by atoms with Crippen LogP contribution in [0.5, 0.6) is 0 Å². The zero-order chi connectivity index (χ0) is 13.7. The minimum Gasteiger partial charge on any atom is -0.371 e. The fourth-order valence-electron chi connectivity index (χ4n) is 3.56. The van der Waals surface area contributed by atoms with Gasteiger partial charge in [0, 0.05) is 6.04 Å². The highest BCUT2D eigenvalue weighted by molar-refractivity contribution is 5.03. The molecule has 19 heavy (non-hydrogen) atoms. The van der Waals surface area contributed by atoms with Crippen molar-refractivity contribution < 1.29 is 4.74 Å². The molecule has 2 aliphatic rings. The Balaban J connectivity index is 1.68. The van der Waals surface area contributed by atoms with Crippen LogP contribution < -0.4 is 5.32 Å². The van der Waals surface area contributed by atoms with Crippen molar-refractivity contribution in [2.45, 2.75) is 89.9 Å². The van der Waals surface area contributed by atoms with Crippen LogP contribution in [-0.4, -0.2) is 24.3 Å². The van der Waals surface area contributed by atoms with E-state index < -0.39 is 0 Å². The molecule has 1 saturated carbocycles. The lowest BCUT2D eigenvalue weighted by Gasteiger charge is -2.24. The lowest BCUT2D eigenvalue weighted by atomic mass is 9.97. The summed E-state index contributed by atoms with van der Waals surface area (Å²) in [4.78, 5) is 0. The van der Waals surface area contributed by atoms with Crippen molar-refractivity contribution in [2.24, 2.45) is 0 Å². The van der Waals surface area contributed by atoms with E-state index in [9.17, 15) is 0 Å². The summed E-state index contributed by atoms with van der Waals surface area (Å²) in [7, 11) is 0. The Labute approximate surface area is 119 Å². The molecule has 0 amide bonds. The van der Waals surface area contributed by atoms with Crippen LogP contribution in [0.25, 0.3) is 0 Å². The van der Waals surface area contributed by atoms with Crippen LogP contribution in [0.2, 0.25) is 0 Å². The molecule has 0 aromatic rings. The number of ether oxygens (including phenoxy) is 1. The van der Waals surface area contributed by atoms with Crippen LogP contribution in [0, 0.1) is 0 Å². The lowest BCUT2D eigenvalue weighted by Crippen LogP contribution is -2.25. The fourth-order valence-corrected chi connectivity index (χ4v) is 3.56. The van der Waals surface area contributed by atoms with Gasteiger partial charge < -0.3 is 10.1 Å². The average molecular weight is 265 g/mol. The lowest BCUT2D eigenvalue weighted by molar-refractivity contribution is -0.0354. The van der Waals surface area contributed by atoms with Gasteiger partial charge in [0.15, 0.2) is 0 Å². The predicted octanol–water partition coefficient (Wildman–Crippen LogP) is 4.20. The Hall–Kier alpha value is -0.340. The molecule has 110 valence electrons. The molecular formula is C17H31NO. The summed E-state index contributed by atoms with van der Waals surface area (Å²) in [5.41, 5.74) is 1.80. The number of nitrogens with one attached hydrogen (secondary N) is 1. The van der Waals surface area contributed by atoms with E-state index in [0.29, 0.717) is 17.7 Å². The summed E-state index contributed by atoms with van der Waals surface area (Å²) < 4.78 is 6.37. The van der Waals surface area contributed by atoms with Crippen LogP contribution in [0.3, 0.4) is 0 Å². The number of hydrogen-bond acceptors (Lipinski definition) is 2. The van der Waals surface area contributed by atoms with Crippen LogP contribution in [-0.2, 0) is 4.74 Å². The van der Waals surface area contributed by atoms with Crippen LogP contribution >= 0.6 is 0 Å². The summed E-state index contributed by atoms with van der Waals surface area (Å²) in [6.45, 7) is 7.75. The van der Waals surface area contributed by atoms with Gasteiger partial charge in [-0.05, 0) is 52.0 Å². The second-order valence-corrected chi connectivity index (χ2v) is 6.82. The maximum Gasteiger partial charge on any atom is 0.0687 e. The summed E-state index contributed by atoms with van der Waals surface area (Å²) in [6.07, 6.45) is 13.1. The number of rotatable bonds is 6. The standard InChI is InChI=1S/C17H31NO/c1-14(2)18-12-6-7-15(3)13-16-8-11-17(19-16)9-4-5-10-17/h7,14,16,18H,4-6,8-13H2,1-3H3/b15-7-. The van der Waals surface area contributed by atoms with Gasteiger partial charge in [-0.1, -0.05) is 38.3 Å². The smallest absolute Gasteiger partial charge is 0.0687 e. The van der Waals surface area contributed by atoms with E-state index in [1.54, 1.807) is 0 Å². The molecular weight excluding hydrogens is 234 g/mol. The molecule has 0 aromatic heterocycles. The Morgan fingerprint density at radius 2 is 2.05 bits per heavy atom. The minimum absolute atomic E-state index is 0.296. The highest BCUT2D eigenvalue weighted by atomic mass is 16.5. The van der Waals surface area contributed by atoms with Gasteiger partial charge in [-0.25, -0.2) is 0 Å². The fraction of sp³-hybridized carbons (Fsp3) is 0.882. The molecule has 0 bridgehead atoms. The molecule has 1 spiro atoms. The summed E-state index contributed by atoms with van der Waals surface area (Å²) in [5.74, 6) is 0. The van der Waals surface area contributed by atoms with Crippen molar-refractivity contribution in [1.82, 2.24) is 5.32 Å². The zero-order valence-electron chi connectivity index (χ0n) is 13.0. The van der Waals surface area contributed by atoms with Gasteiger partial charge in [-0.2, -0.15) is 0 Å². The normalized spacial score (nSPS) is 26.7. The summed E-state index contributed by atoms with van der Waals surface area (Å²) in [5, 5.41) is 3.46. The second kappa shape index (κ2) is 6.90. The first kappa shape index (κ1) is 15.1. The van der Waals surface area contributed by atoms with Crippen LogP contribution in [0.15, 0.2) is 11.6 Å². The molecule has 0 aromatic carbocycles. The van der Waals surface area contributed by atoms with Gasteiger partial charge in [0.2, 0.25) is 0 Å². The van der Waals surface area contributed by atoms with E-state index in [1.807, 2.05) is 0 Å². The van der Waals surface area contributed by atoms with Gasteiger partial charge >= 0.3 is 0 Å². The van der Waals surface area contributed by atoms with Crippen molar-refractivity contribution in [3.63, 3.8) is 0 Å². The molecule has 1 atom stereocenters.